The number of para-hydroxylation sites is 1. The number of likely N-dealkylation sites (tertiary alicyclic amines) is 1. The number of pyridine rings is 1. The third-order valence-electron chi connectivity index (χ3n) is 7.31. The SMILES string of the molecule is CCOC(=O)C1(CCCc2c(F)cnc3ccc(OC)cc23)CCN(CCOc2c(F)cccc2F)CC1. The quantitative estimate of drug-likeness (QED) is 0.296. The number of piperidine rings is 1. The van der Waals surface area contributed by atoms with Crippen molar-refractivity contribution >= 4 is 16.9 Å². The number of rotatable bonds is 11. The van der Waals surface area contributed by atoms with Crippen LogP contribution in [0.15, 0.2) is 42.6 Å². The topological polar surface area (TPSA) is 60.9 Å². The summed E-state index contributed by atoms with van der Waals surface area (Å²) in [5.74, 6) is -1.83. The summed E-state index contributed by atoms with van der Waals surface area (Å²) in [5, 5.41) is 0.704. The second-order valence-electron chi connectivity index (χ2n) is 9.56. The van der Waals surface area contributed by atoms with Gasteiger partial charge in [-0.1, -0.05) is 6.07 Å². The van der Waals surface area contributed by atoms with E-state index in [1.165, 1.54) is 12.3 Å². The molecule has 2 aromatic carbocycles. The molecule has 6 nitrogen and oxygen atoms in total. The summed E-state index contributed by atoms with van der Waals surface area (Å²) in [6.45, 7) is 3.91. The maximum absolute atomic E-state index is 14.8. The van der Waals surface area contributed by atoms with E-state index in [1.54, 1.807) is 32.2 Å². The van der Waals surface area contributed by atoms with Gasteiger partial charge >= 0.3 is 5.97 Å². The van der Waals surface area contributed by atoms with E-state index < -0.39 is 17.0 Å². The number of nitrogens with zero attached hydrogens (tertiary/aromatic N) is 2. The summed E-state index contributed by atoms with van der Waals surface area (Å²) < 4.78 is 58.5. The van der Waals surface area contributed by atoms with Crippen LogP contribution in [0.4, 0.5) is 13.2 Å². The van der Waals surface area contributed by atoms with Crippen molar-refractivity contribution in [3.63, 3.8) is 0 Å². The largest absolute Gasteiger partial charge is 0.497 e. The average molecular weight is 531 g/mol. The number of methoxy groups -OCH3 is 1. The zero-order valence-electron chi connectivity index (χ0n) is 21.8. The van der Waals surface area contributed by atoms with Crippen LogP contribution in [-0.2, 0) is 16.0 Å². The zero-order chi connectivity index (χ0) is 27.1. The van der Waals surface area contributed by atoms with Crippen LogP contribution in [0.2, 0.25) is 0 Å². The molecule has 1 fully saturated rings. The van der Waals surface area contributed by atoms with Gasteiger partial charge in [0.05, 0.1) is 30.8 Å². The molecule has 1 saturated heterocycles. The van der Waals surface area contributed by atoms with E-state index in [9.17, 15) is 18.0 Å². The number of hydrogen-bond acceptors (Lipinski definition) is 6. The van der Waals surface area contributed by atoms with Gasteiger partial charge in [0.25, 0.3) is 0 Å². The molecule has 1 aromatic heterocycles. The number of halogens is 3. The van der Waals surface area contributed by atoms with E-state index in [1.807, 2.05) is 0 Å². The van der Waals surface area contributed by atoms with Gasteiger partial charge in [0, 0.05) is 11.9 Å². The maximum atomic E-state index is 14.8. The maximum Gasteiger partial charge on any atom is 0.312 e. The number of aromatic nitrogens is 1. The Hall–Kier alpha value is -3.33. The lowest BCUT2D eigenvalue weighted by atomic mass is 9.74. The number of fused-ring (bicyclic) bond motifs is 1. The molecule has 0 spiro atoms. The molecule has 0 N–H and O–H groups in total. The summed E-state index contributed by atoms with van der Waals surface area (Å²) in [7, 11) is 1.56. The van der Waals surface area contributed by atoms with Gasteiger partial charge in [-0.15, -0.1) is 0 Å². The van der Waals surface area contributed by atoms with Crippen LogP contribution in [-0.4, -0.2) is 55.8 Å². The molecule has 0 atom stereocenters. The molecule has 0 unspecified atom stereocenters. The Bertz CT molecular complexity index is 1240. The third-order valence-corrected chi connectivity index (χ3v) is 7.31. The summed E-state index contributed by atoms with van der Waals surface area (Å²) in [4.78, 5) is 19.3. The minimum absolute atomic E-state index is 0.127. The van der Waals surface area contributed by atoms with E-state index in [0.29, 0.717) is 74.0 Å². The lowest BCUT2D eigenvalue weighted by Crippen LogP contribution is -2.46. The van der Waals surface area contributed by atoms with Crippen molar-refractivity contribution in [3.05, 3.63) is 65.6 Å². The Balaban J connectivity index is 1.38. The van der Waals surface area contributed by atoms with E-state index in [-0.39, 0.29) is 30.7 Å². The first-order chi connectivity index (χ1) is 18.4. The fourth-order valence-corrected chi connectivity index (χ4v) is 5.13. The normalized spacial score (nSPS) is 15.4. The molecule has 0 radical (unpaired) electrons. The van der Waals surface area contributed by atoms with E-state index in [2.05, 4.69) is 9.88 Å². The summed E-state index contributed by atoms with van der Waals surface area (Å²) in [6.07, 6.45) is 4.00. The van der Waals surface area contributed by atoms with Crippen LogP contribution < -0.4 is 9.47 Å². The minimum atomic E-state index is -0.734. The highest BCUT2D eigenvalue weighted by Gasteiger charge is 2.42. The first kappa shape index (κ1) is 27.7. The van der Waals surface area contributed by atoms with Gasteiger partial charge in [0.15, 0.2) is 17.4 Å². The molecule has 9 heteroatoms. The summed E-state index contributed by atoms with van der Waals surface area (Å²) >= 11 is 0. The molecular weight excluding hydrogens is 497 g/mol. The van der Waals surface area contributed by atoms with Crippen LogP contribution in [0.1, 0.15) is 38.2 Å². The van der Waals surface area contributed by atoms with Gasteiger partial charge in [-0.2, -0.15) is 0 Å². The van der Waals surface area contributed by atoms with Crippen molar-refractivity contribution in [2.75, 3.05) is 40.0 Å². The van der Waals surface area contributed by atoms with Gasteiger partial charge in [0.2, 0.25) is 0 Å². The molecule has 0 amide bonds. The molecule has 0 aliphatic carbocycles. The lowest BCUT2D eigenvalue weighted by Gasteiger charge is -2.40. The lowest BCUT2D eigenvalue weighted by molar-refractivity contribution is -0.159. The van der Waals surface area contributed by atoms with Gasteiger partial charge in [0.1, 0.15) is 18.2 Å². The van der Waals surface area contributed by atoms with Gasteiger partial charge in [-0.05, 0) is 88.0 Å². The van der Waals surface area contributed by atoms with E-state index >= 15 is 0 Å². The number of esters is 1. The van der Waals surface area contributed by atoms with Crippen molar-refractivity contribution in [3.8, 4) is 11.5 Å². The van der Waals surface area contributed by atoms with Crippen molar-refractivity contribution in [2.24, 2.45) is 5.41 Å². The minimum Gasteiger partial charge on any atom is -0.497 e. The molecule has 0 saturated carbocycles. The number of ether oxygens (including phenoxy) is 3. The fourth-order valence-electron chi connectivity index (χ4n) is 5.13. The van der Waals surface area contributed by atoms with Crippen LogP contribution in [0.25, 0.3) is 10.9 Å². The highest BCUT2D eigenvalue weighted by atomic mass is 19.1. The monoisotopic (exact) mass is 530 g/mol. The molecular formula is C29H33F3N2O4. The molecule has 2 heterocycles. The number of aryl methyl sites for hydroxylation is 1. The third kappa shape index (κ3) is 6.20. The smallest absolute Gasteiger partial charge is 0.312 e. The number of carbonyl (C=O) groups is 1. The van der Waals surface area contributed by atoms with Crippen molar-refractivity contribution < 1.29 is 32.2 Å². The van der Waals surface area contributed by atoms with Crippen LogP contribution >= 0.6 is 0 Å². The second-order valence-corrected chi connectivity index (χ2v) is 9.56. The molecule has 0 bridgehead atoms. The predicted octanol–water partition coefficient (Wildman–Crippen LogP) is 5.71. The van der Waals surface area contributed by atoms with E-state index in [0.717, 1.165) is 12.1 Å². The Morgan fingerprint density at radius 1 is 1.08 bits per heavy atom. The predicted molar refractivity (Wildman–Crippen MR) is 138 cm³/mol. The Labute approximate surface area is 220 Å². The van der Waals surface area contributed by atoms with Gasteiger partial charge in [-0.25, -0.2) is 13.2 Å². The van der Waals surface area contributed by atoms with Crippen molar-refractivity contribution in [1.29, 1.82) is 0 Å². The number of carbonyl (C=O) groups excluding carboxylic acids is 1. The summed E-state index contributed by atoms with van der Waals surface area (Å²) in [5.41, 5.74) is 0.582. The van der Waals surface area contributed by atoms with Crippen LogP contribution in [0.3, 0.4) is 0 Å². The highest BCUT2D eigenvalue weighted by molar-refractivity contribution is 5.83. The van der Waals surface area contributed by atoms with E-state index in [4.69, 9.17) is 14.2 Å². The van der Waals surface area contributed by atoms with Crippen LogP contribution in [0, 0.1) is 22.9 Å². The molecule has 4 rings (SSSR count). The Kier molecular flexibility index (Phi) is 9.09. The first-order valence-electron chi connectivity index (χ1n) is 12.9. The molecule has 38 heavy (non-hydrogen) atoms. The van der Waals surface area contributed by atoms with Crippen LogP contribution in [0.5, 0.6) is 11.5 Å². The molecule has 3 aromatic rings. The fraction of sp³-hybridized carbons (Fsp3) is 0.448. The highest BCUT2D eigenvalue weighted by Crippen LogP contribution is 2.39. The number of benzene rings is 2. The Morgan fingerprint density at radius 3 is 2.50 bits per heavy atom. The standard InChI is InChI=1S/C29H33F3N2O4/c1-3-37-28(35)29(11-5-6-21-22-18-20(36-2)9-10-26(22)33-19-25(21)32)12-14-34(15-13-29)16-17-38-27-23(30)7-4-8-24(27)31/h4,7-10,18-19H,3,5-6,11-17H2,1-2H3. The second kappa shape index (κ2) is 12.5. The number of hydrogen-bond donors (Lipinski definition) is 0. The van der Waals surface area contributed by atoms with Crippen molar-refractivity contribution in [1.82, 2.24) is 9.88 Å². The van der Waals surface area contributed by atoms with Crippen molar-refractivity contribution in [2.45, 2.75) is 39.0 Å². The van der Waals surface area contributed by atoms with Gasteiger partial charge < -0.3 is 14.2 Å². The molecule has 1 aliphatic heterocycles. The van der Waals surface area contributed by atoms with Gasteiger partial charge in [-0.3, -0.25) is 14.7 Å². The first-order valence-corrected chi connectivity index (χ1v) is 12.9. The summed E-state index contributed by atoms with van der Waals surface area (Å²) in [6, 6.07) is 8.99. The molecule has 204 valence electrons. The average Bonchev–Trinajstić information content (AvgIpc) is 2.92. The Morgan fingerprint density at radius 2 is 1.82 bits per heavy atom. The zero-order valence-corrected chi connectivity index (χ0v) is 21.8. The molecule has 1 aliphatic rings.